The summed E-state index contributed by atoms with van der Waals surface area (Å²) in [5.74, 6) is 0.920. The van der Waals surface area contributed by atoms with E-state index >= 15 is 0 Å². The third-order valence-corrected chi connectivity index (χ3v) is 10.5. The van der Waals surface area contributed by atoms with Crippen molar-refractivity contribution in [2.45, 2.75) is 78.3 Å². The fourth-order valence-electron chi connectivity index (χ4n) is 6.56. The summed E-state index contributed by atoms with van der Waals surface area (Å²) in [6, 6.07) is 13.2. The Morgan fingerprint density at radius 1 is 0.959 bits per heavy atom. The number of aryl methyl sites for hydroxylation is 2. The number of nitrogens with one attached hydrogen (secondary N) is 1. The van der Waals surface area contributed by atoms with Crippen molar-refractivity contribution in [2.75, 3.05) is 29.3 Å². The van der Waals surface area contributed by atoms with E-state index in [9.17, 15) is 13.2 Å². The number of sulfonamides is 1. The molecule has 6 rings (SSSR count). The van der Waals surface area contributed by atoms with E-state index in [1.165, 1.54) is 12.1 Å². The number of anilines is 2. The van der Waals surface area contributed by atoms with E-state index in [1.807, 2.05) is 44.4 Å². The molecule has 0 spiro atoms. The van der Waals surface area contributed by atoms with Gasteiger partial charge in [0.05, 0.1) is 41.3 Å². The zero-order chi connectivity index (χ0) is 34.9. The lowest BCUT2D eigenvalue weighted by molar-refractivity contribution is 0.0505. The highest BCUT2D eigenvalue weighted by Gasteiger charge is 2.32. The first-order valence-corrected chi connectivity index (χ1v) is 18.3. The number of amides is 1. The van der Waals surface area contributed by atoms with Crippen molar-refractivity contribution in [1.82, 2.24) is 24.8 Å². The second kappa shape index (κ2) is 13.7. The number of fused-ring (bicyclic) bond motifs is 4. The highest BCUT2D eigenvalue weighted by molar-refractivity contribution is 7.92. The Morgan fingerprint density at radius 2 is 1.63 bits per heavy atom. The number of ether oxygens (including phenoxy) is 1. The fraction of sp³-hybridized carbons (Fsp3) is 0.432. The molecule has 4 bridgehead atoms. The Morgan fingerprint density at radius 3 is 2.31 bits per heavy atom. The number of hydrogen-bond acceptors (Lipinski definition) is 9. The van der Waals surface area contributed by atoms with E-state index < -0.39 is 16.1 Å². The highest BCUT2D eigenvalue weighted by atomic mass is 32.2. The van der Waals surface area contributed by atoms with Crippen LogP contribution in [0.25, 0.3) is 11.3 Å². The smallest absolute Gasteiger partial charge is 0.264 e. The standard InChI is InChI=1S/C37H45N7O4S/c1-24-13-15-43(16-14-24)29-20-38-32(39-21-29)22-44-28(19-37(4,5)6)23-48-33-18-31(34-25(2)9-7-10-26(34)3)40-36(41-33)42-49(46,47)30-12-8-11-27(17-30)35(44)45/h7-12,17-18,20-21,24,28H,13-16,19,22-23H2,1-6H3,(H,40,41,42)/t28-/m1/s1. The molecular formula is C37H45N7O4S. The van der Waals surface area contributed by atoms with Crippen LogP contribution in [0.1, 0.15) is 74.3 Å². The first-order chi connectivity index (χ1) is 23.3. The van der Waals surface area contributed by atoms with Gasteiger partial charge in [-0.2, -0.15) is 4.98 Å². The van der Waals surface area contributed by atoms with Crippen LogP contribution in [0.4, 0.5) is 11.6 Å². The molecule has 2 aromatic heterocycles. The molecule has 0 radical (unpaired) electrons. The van der Waals surface area contributed by atoms with Gasteiger partial charge in [-0.3, -0.25) is 4.79 Å². The molecular weight excluding hydrogens is 639 g/mol. The number of hydrogen-bond donors (Lipinski definition) is 1. The predicted molar refractivity (Wildman–Crippen MR) is 190 cm³/mol. The third-order valence-electron chi connectivity index (χ3n) is 9.18. The summed E-state index contributed by atoms with van der Waals surface area (Å²) >= 11 is 0. The quantitative estimate of drug-likeness (QED) is 0.253. The summed E-state index contributed by atoms with van der Waals surface area (Å²) in [6.45, 7) is 14.7. The van der Waals surface area contributed by atoms with Gasteiger partial charge in [0.25, 0.3) is 15.9 Å². The van der Waals surface area contributed by atoms with Gasteiger partial charge in [0.2, 0.25) is 11.8 Å². The lowest BCUT2D eigenvalue weighted by Gasteiger charge is -2.35. The molecule has 1 saturated heterocycles. The minimum Gasteiger partial charge on any atom is -0.475 e. The Labute approximate surface area is 289 Å². The van der Waals surface area contributed by atoms with E-state index in [1.54, 1.807) is 23.1 Å². The Hall–Kier alpha value is -4.58. The number of benzene rings is 2. The van der Waals surface area contributed by atoms with Crippen LogP contribution in [0.2, 0.25) is 0 Å². The van der Waals surface area contributed by atoms with Gasteiger partial charge in [-0.15, -0.1) is 0 Å². The number of piperidine rings is 1. The molecule has 11 nitrogen and oxygen atoms in total. The summed E-state index contributed by atoms with van der Waals surface area (Å²) in [6.07, 6.45) is 6.50. The zero-order valence-electron chi connectivity index (χ0n) is 29.1. The van der Waals surface area contributed by atoms with Crippen LogP contribution in [0.15, 0.2) is 65.8 Å². The van der Waals surface area contributed by atoms with Crippen LogP contribution in [0.5, 0.6) is 5.88 Å². The van der Waals surface area contributed by atoms with Gasteiger partial charge in [-0.05, 0) is 73.8 Å². The van der Waals surface area contributed by atoms with Crippen molar-refractivity contribution >= 4 is 27.6 Å². The van der Waals surface area contributed by atoms with Crippen molar-refractivity contribution in [2.24, 2.45) is 11.3 Å². The number of rotatable bonds is 5. The molecule has 2 aromatic carbocycles. The molecule has 49 heavy (non-hydrogen) atoms. The fourth-order valence-corrected chi connectivity index (χ4v) is 7.55. The predicted octanol–water partition coefficient (Wildman–Crippen LogP) is 6.43. The van der Waals surface area contributed by atoms with Gasteiger partial charge in [0.15, 0.2) is 0 Å². The van der Waals surface area contributed by atoms with Gasteiger partial charge >= 0.3 is 0 Å². The zero-order valence-corrected chi connectivity index (χ0v) is 29.9. The average molecular weight is 684 g/mol. The molecule has 0 unspecified atom stereocenters. The Bertz CT molecular complexity index is 1920. The van der Waals surface area contributed by atoms with Crippen molar-refractivity contribution in [3.8, 4) is 17.1 Å². The number of carbonyl (C=O) groups excluding carboxylic acids is 1. The summed E-state index contributed by atoms with van der Waals surface area (Å²) in [7, 11) is -4.17. The van der Waals surface area contributed by atoms with Gasteiger partial charge in [0.1, 0.15) is 12.4 Å². The lowest BCUT2D eigenvalue weighted by atomic mass is 9.87. The molecule has 1 fully saturated rings. The van der Waals surface area contributed by atoms with Gasteiger partial charge in [0, 0.05) is 30.3 Å². The minimum absolute atomic E-state index is 0.0788. The third kappa shape index (κ3) is 8.01. The lowest BCUT2D eigenvalue weighted by Crippen LogP contribution is -2.45. The van der Waals surface area contributed by atoms with Crippen LogP contribution in [0.3, 0.4) is 0 Å². The molecule has 1 amide bonds. The summed E-state index contributed by atoms with van der Waals surface area (Å²) in [5, 5.41) is 0. The van der Waals surface area contributed by atoms with E-state index in [2.05, 4.69) is 47.3 Å². The molecule has 2 aliphatic heterocycles. The topological polar surface area (TPSA) is 131 Å². The Kier molecular flexibility index (Phi) is 9.61. The second-order valence-corrected chi connectivity index (χ2v) is 16.2. The summed E-state index contributed by atoms with van der Waals surface area (Å²) in [4.78, 5) is 36.8. The molecule has 4 heterocycles. The average Bonchev–Trinajstić information content (AvgIpc) is 3.05. The van der Waals surface area contributed by atoms with E-state index in [0.717, 1.165) is 48.3 Å². The van der Waals surface area contributed by atoms with E-state index in [-0.39, 0.29) is 46.8 Å². The molecule has 4 aromatic rings. The van der Waals surface area contributed by atoms with Gasteiger partial charge < -0.3 is 14.5 Å². The first-order valence-electron chi connectivity index (χ1n) is 16.8. The summed E-state index contributed by atoms with van der Waals surface area (Å²) in [5.41, 5.74) is 4.35. The largest absolute Gasteiger partial charge is 0.475 e. The molecule has 1 N–H and O–H groups in total. The number of carbonyl (C=O) groups is 1. The molecule has 0 aliphatic carbocycles. The number of nitrogens with zero attached hydrogens (tertiary/aromatic N) is 6. The molecule has 258 valence electrons. The van der Waals surface area contributed by atoms with Crippen LogP contribution in [0, 0.1) is 25.2 Å². The van der Waals surface area contributed by atoms with Crippen molar-refractivity contribution in [1.29, 1.82) is 0 Å². The normalized spacial score (nSPS) is 18.5. The SMILES string of the molecule is Cc1cccc(C)c1-c1cc2nc(n1)NS(=O)(=O)c1cccc(c1)C(=O)N(Cc1ncc(N3CCC(C)CC3)cn1)[C@H](CC(C)(C)C)CO2. The Balaban J connectivity index is 1.42. The van der Waals surface area contributed by atoms with E-state index in [0.29, 0.717) is 23.9 Å². The van der Waals surface area contributed by atoms with Gasteiger partial charge in [-0.25, -0.2) is 28.1 Å². The maximum atomic E-state index is 14.4. The van der Waals surface area contributed by atoms with Crippen LogP contribution < -0.4 is 14.4 Å². The second-order valence-electron chi connectivity index (χ2n) is 14.5. The maximum Gasteiger partial charge on any atom is 0.264 e. The number of aromatic nitrogens is 4. The first kappa shape index (κ1) is 34.3. The minimum atomic E-state index is -4.17. The maximum absolute atomic E-state index is 14.4. The van der Waals surface area contributed by atoms with Crippen LogP contribution in [-0.2, 0) is 16.6 Å². The molecule has 0 saturated carbocycles. The monoisotopic (exact) mass is 683 g/mol. The molecule has 12 heteroatoms. The van der Waals surface area contributed by atoms with Crippen LogP contribution >= 0.6 is 0 Å². The van der Waals surface area contributed by atoms with Gasteiger partial charge in [-0.1, -0.05) is 52.0 Å². The highest BCUT2D eigenvalue weighted by Crippen LogP contribution is 2.32. The van der Waals surface area contributed by atoms with Crippen molar-refractivity contribution in [3.05, 3.63) is 83.4 Å². The van der Waals surface area contributed by atoms with Crippen molar-refractivity contribution in [3.63, 3.8) is 0 Å². The van der Waals surface area contributed by atoms with E-state index in [4.69, 9.17) is 14.7 Å². The molecule has 1 atom stereocenters. The summed E-state index contributed by atoms with van der Waals surface area (Å²) < 4.78 is 36.3. The molecule has 2 aliphatic rings. The van der Waals surface area contributed by atoms with Crippen molar-refractivity contribution < 1.29 is 17.9 Å². The van der Waals surface area contributed by atoms with Crippen LogP contribution in [-0.4, -0.2) is 64.9 Å².